The smallest absolute Gasteiger partial charge is 0.822 e. The molecule has 0 aromatic heterocycles. The van der Waals surface area contributed by atoms with Gasteiger partial charge in [-0.05, 0) is 6.42 Å². The Bertz CT molecular complexity index is 207. The number of hydrogen-bond donors (Lipinski definition) is 1. The summed E-state index contributed by atoms with van der Waals surface area (Å²) in [4.78, 5) is 35.9. The summed E-state index contributed by atoms with van der Waals surface area (Å²) < 4.78 is 8.55. The molecule has 0 atom stereocenters. The first-order chi connectivity index (χ1) is 6.77. The maximum Gasteiger partial charge on any atom is 1.00 e. The quantitative estimate of drug-likeness (QED) is 0.296. The molecule has 0 fully saturated rings. The van der Waals surface area contributed by atoms with Gasteiger partial charge in [0.2, 0.25) is 5.91 Å². The standard InChI is InChI=1S/C8H17NO.3Na.H3O4P/c1-2-3-4-5-6-7-8(9)10;;;;1-5(2,3)4/h2-7H2,1H3,(H2,9,10);;;;(H3,1,2,3,4)/q;3*+1;/p-3. The topological polar surface area (TPSA) is 129 Å². The maximum atomic E-state index is 10.3. The van der Waals surface area contributed by atoms with Gasteiger partial charge in [0.25, 0.3) is 0 Å². The zero-order chi connectivity index (χ0) is 12.3. The van der Waals surface area contributed by atoms with Crippen LogP contribution in [-0.4, -0.2) is 5.91 Å². The van der Waals surface area contributed by atoms with Crippen molar-refractivity contribution in [1.82, 2.24) is 0 Å². The Kier molecular flexibility index (Phi) is 39.5. The van der Waals surface area contributed by atoms with Gasteiger partial charge in [0.1, 0.15) is 0 Å². The van der Waals surface area contributed by atoms with Gasteiger partial charge in [-0.1, -0.05) is 32.6 Å². The molecule has 0 aliphatic heterocycles. The molecule has 0 saturated heterocycles. The molecular weight excluding hydrogens is 290 g/mol. The third-order valence-electron chi connectivity index (χ3n) is 1.53. The fourth-order valence-corrected chi connectivity index (χ4v) is 0.903. The molecule has 2 N–H and O–H groups in total. The van der Waals surface area contributed by atoms with E-state index < -0.39 is 7.82 Å². The van der Waals surface area contributed by atoms with E-state index in [-0.39, 0.29) is 94.6 Å². The van der Waals surface area contributed by atoms with E-state index in [9.17, 15) is 4.79 Å². The van der Waals surface area contributed by atoms with E-state index in [0.717, 1.165) is 12.8 Å². The van der Waals surface area contributed by atoms with Crippen LogP contribution in [0.5, 0.6) is 0 Å². The van der Waals surface area contributed by atoms with Crippen LogP contribution in [0.15, 0.2) is 0 Å². The largest absolute Gasteiger partial charge is 1.00 e. The van der Waals surface area contributed by atoms with Crippen LogP contribution < -0.4 is 109 Å². The van der Waals surface area contributed by atoms with Crippen LogP contribution in [0.25, 0.3) is 0 Å². The van der Waals surface area contributed by atoms with Crippen molar-refractivity contribution < 1.29 is 113 Å². The molecule has 0 spiro atoms. The van der Waals surface area contributed by atoms with Crippen LogP contribution in [0.2, 0.25) is 0 Å². The number of amides is 1. The fraction of sp³-hybridized carbons (Fsp3) is 0.875. The predicted molar refractivity (Wildman–Crippen MR) is 50.2 cm³/mol. The minimum atomic E-state index is -5.39. The monoisotopic (exact) mass is 307 g/mol. The van der Waals surface area contributed by atoms with Crippen molar-refractivity contribution in [2.45, 2.75) is 45.4 Å². The molecule has 0 bridgehead atoms. The van der Waals surface area contributed by atoms with Crippen molar-refractivity contribution >= 4 is 13.7 Å². The molecule has 0 aliphatic carbocycles. The third-order valence-corrected chi connectivity index (χ3v) is 1.53. The summed E-state index contributed by atoms with van der Waals surface area (Å²) in [6, 6.07) is 0. The number of carbonyl (C=O) groups excluding carboxylic acids is 1. The molecule has 18 heavy (non-hydrogen) atoms. The van der Waals surface area contributed by atoms with Crippen molar-refractivity contribution in [2.24, 2.45) is 5.73 Å². The second kappa shape index (κ2) is 21.9. The summed E-state index contributed by atoms with van der Waals surface area (Å²) in [5.74, 6) is -0.170. The van der Waals surface area contributed by atoms with E-state index in [4.69, 9.17) is 25.0 Å². The van der Waals surface area contributed by atoms with E-state index in [0.29, 0.717) is 6.42 Å². The Morgan fingerprint density at radius 3 is 1.61 bits per heavy atom. The Hall–Kier alpha value is 2.58. The number of rotatable bonds is 6. The molecule has 1 amide bonds. The predicted octanol–water partition coefficient (Wildman–Crippen LogP) is -9.98. The Morgan fingerprint density at radius 2 is 1.33 bits per heavy atom. The summed E-state index contributed by atoms with van der Waals surface area (Å²) in [5.41, 5.74) is 4.97. The van der Waals surface area contributed by atoms with E-state index in [1.807, 2.05) is 0 Å². The van der Waals surface area contributed by atoms with Crippen LogP contribution in [0.3, 0.4) is 0 Å². The van der Waals surface area contributed by atoms with Gasteiger partial charge in [0.05, 0.1) is 0 Å². The van der Waals surface area contributed by atoms with E-state index in [2.05, 4.69) is 6.92 Å². The average Bonchev–Trinajstić information content (AvgIpc) is 2.00. The first-order valence-electron chi connectivity index (χ1n) is 4.78. The molecule has 92 valence electrons. The van der Waals surface area contributed by atoms with E-state index in [1.54, 1.807) is 0 Å². The number of carbonyl (C=O) groups is 1. The Balaban J connectivity index is -0.0000000621. The zero-order valence-corrected chi connectivity index (χ0v) is 18.7. The SMILES string of the molecule is CCCCCCCC(N)=O.O=P([O-])([O-])[O-].[Na+].[Na+].[Na+]. The molecule has 0 heterocycles. The van der Waals surface area contributed by atoms with Crippen molar-refractivity contribution in [3.63, 3.8) is 0 Å². The van der Waals surface area contributed by atoms with Crippen LogP contribution >= 0.6 is 7.82 Å². The third kappa shape index (κ3) is 62.6. The molecule has 0 aromatic rings. The first kappa shape index (κ1) is 32.5. The van der Waals surface area contributed by atoms with E-state index >= 15 is 0 Å². The van der Waals surface area contributed by atoms with Crippen molar-refractivity contribution in [3.05, 3.63) is 0 Å². The van der Waals surface area contributed by atoms with Crippen LogP contribution in [0.4, 0.5) is 0 Å². The minimum Gasteiger partial charge on any atom is -0.822 e. The van der Waals surface area contributed by atoms with Gasteiger partial charge in [-0.25, -0.2) is 0 Å². The van der Waals surface area contributed by atoms with E-state index in [1.165, 1.54) is 19.3 Å². The number of primary amides is 1. The number of unbranched alkanes of at least 4 members (excludes halogenated alkanes) is 4. The molecule has 6 nitrogen and oxygen atoms in total. The summed E-state index contributed by atoms with van der Waals surface area (Å²) >= 11 is 0. The van der Waals surface area contributed by atoms with Gasteiger partial charge in [0, 0.05) is 6.42 Å². The Morgan fingerprint density at radius 1 is 1.00 bits per heavy atom. The molecular formula is C8H17NNa3O5P. The van der Waals surface area contributed by atoms with Gasteiger partial charge in [-0.3, -0.25) is 4.79 Å². The molecule has 0 radical (unpaired) electrons. The maximum absolute atomic E-state index is 10.3. The summed E-state index contributed by atoms with van der Waals surface area (Å²) in [6.45, 7) is 2.17. The fourth-order valence-electron chi connectivity index (χ4n) is 0.903. The zero-order valence-electron chi connectivity index (χ0n) is 11.8. The van der Waals surface area contributed by atoms with Crippen molar-refractivity contribution in [2.75, 3.05) is 0 Å². The van der Waals surface area contributed by atoms with Crippen LogP contribution in [-0.2, 0) is 9.36 Å². The minimum absolute atomic E-state index is 0. The van der Waals surface area contributed by atoms with Crippen molar-refractivity contribution in [1.29, 1.82) is 0 Å². The number of nitrogens with two attached hydrogens (primary N) is 1. The second-order valence-corrected chi connectivity index (χ2v) is 3.97. The number of hydrogen-bond acceptors (Lipinski definition) is 5. The number of phosphoric acid groups is 1. The average molecular weight is 307 g/mol. The molecule has 0 unspecified atom stereocenters. The van der Waals surface area contributed by atoms with Crippen LogP contribution in [0.1, 0.15) is 45.4 Å². The molecule has 10 heteroatoms. The first-order valence-corrected chi connectivity index (χ1v) is 6.24. The van der Waals surface area contributed by atoms with Crippen LogP contribution in [0, 0.1) is 0 Å². The van der Waals surface area contributed by atoms with Gasteiger partial charge in [0.15, 0.2) is 0 Å². The Labute approximate surface area is 175 Å². The summed E-state index contributed by atoms with van der Waals surface area (Å²) in [5, 5.41) is 0. The molecule has 0 aliphatic rings. The van der Waals surface area contributed by atoms with Gasteiger partial charge >= 0.3 is 88.7 Å². The molecule has 0 aromatic carbocycles. The van der Waals surface area contributed by atoms with Crippen molar-refractivity contribution in [3.8, 4) is 0 Å². The summed E-state index contributed by atoms with van der Waals surface area (Å²) in [7, 11) is -5.39. The van der Waals surface area contributed by atoms with Gasteiger partial charge < -0.3 is 25.0 Å². The normalized spacial score (nSPS) is 8.67. The molecule has 0 rings (SSSR count). The van der Waals surface area contributed by atoms with Gasteiger partial charge in [-0.15, -0.1) is 0 Å². The second-order valence-electron chi connectivity index (χ2n) is 3.08. The summed E-state index contributed by atoms with van der Waals surface area (Å²) in [6.07, 6.45) is 6.44. The van der Waals surface area contributed by atoms with Gasteiger partial charge in [-0.2, -0.15) is 7.82 Å². The molecule has 0 saturated carbocycles.